The van der Waals surface area contributed by atoms with Gasteiger partial charge in [0.2, 0.25) is 5.95 Å². The summed E-state index contributed by atoms with van der Waals surface area (Å²) in [6.07, 6.45) is -1.42. The summed E-state index contributed by atoms with van der Waals surface area (Å²) in [6, 6.07) is 7.99. The highest BCUT2D eigenvalue weighted by atomic mass is 19.4. The van der Waals surface area contributed by atoms with Gasteiger partial charge in [-0.05, 0) is 49.2 Å². The van der Waals surface area contributed by atoms with E-state index in [4.69, 9.17) is 0 Å². The highest BCUT2D eigenvalue weighted by Gasteiger charge is 2.30. The van der Waals surface area contributed by atoms with Crippen LogP contribution in [0.4, 0.5) is 17.6 Å². The molecule has 0 amide bonds. The van der Waals surface area contributed by atoms with E-state index in [1.807, 2.05) is 13.8 Å². The number of nitrogens with zero attached hydrogens (tertiary/aromatic N) is 4. The van der Waals surface area contributed by atoms with E-state index in [1.54, 1.807) is 18.3 Å². The molecule has 0 bridgehead atoms. The number of hydrogen-bond donors (Lipinski definition) is 0. The molecule has 3 heterocycles. The average molecular weight is 386 g/mol. The fourth-order valence-corrected chi connectivity index (χ4v) is 3.02. The summed E-state index contributed by atoms with van der Waals surface area (Å²) in [6.45, 7) is 3.66. The topological polar surface area (TPSA) is 43.1 Å². The first-order valence-corrected chi connectivity index (χ1v) is 8.41. The first-order valence-electron chi connectivity index (χ1n) is 8.41. The van der Waals surface area contributed by atoms with Gasteiger partial charge in [0.15, 0.2) is 5.65 Å². The molecule has 3 aromatic heterocycles. The molecule has 1 aromatic carbocycles. The highest BCUT2D eigenvalue weighted by molar-refractivity contribution is 5.70. The highest BCUT2D eigenvalue weighted by Crippen LogP contribution is 2.32. The van der Waals surface area contributed by atoms with Crippen molar-refractivity contribution < 1.29 is 17.6 Å². The molecular formula is C20H14F4N4. The number of fused-ring (bicyclic) bond motifs is 1. The molecule has 0 N–H and O–H groups in total. The van der Waals surface area contributed by atoms with Crippen LogP contribution in [0.5, 0.6) is 0 Å². The van der Waals surface area contributed by atoms with E-state index in [0.717, 1.165) is 23.3 Å². The van der Waals surface area contributed by atoms with Crippen molar-refractivity contribution >= 4 is 5.65 Å². The van der Waals surface area contributed by atoms with Crippen LogP contribution in [0.3, 0.4) is 0 Å². The maximum atomic E-state index is 14.1. The quantitative estimate of drug-likeness (QED) is 0.350. The molecule has 0 aliphatic heterocycles. The van der Waals surface area contributed by atoms with Crippen molar-refractivity contribution in [2.75, 3.05) is 0 Å². The third kappa shape index (κ3) is 3.00. The first kappa shape index (κ1) is 18.1. The molecule has 0 saturated carbocycles. The van der Waals surface area contributed by atoms with E-state index in [0.29, 0.717) is 22.6 Å². The first-order chi connectivity index (χ1) is 13.3. The Morgan fingerprint density at radius 1 is 0.964 bits per heavy atom. The Hall–Kier alpha value is -3.29. The average Bonchev–Trinajstić information content (AvgIpc) is 3.09. The molecule has 4 aromatic rings. The molecule has 0 spiro atoms. The number of aromatic nitrogens is 4. The van der Waals surface area contributed by atoms with Gasteiger partial charge in [0.05, 0.1) is 28.7 Å². The van der Waals surface area contributed by atoms with Gasteiger partial charge in [0.1, 0.15) is 0 Å². The molecular weight excluding hydrogens is 372 g/mol. The minimum atomic E-state index is -4.39. The summed E-state index contributed by atoms with van der Waals surface area (Å²) in [4.78, 5) is 8.17. The molecule has 28 heavy (non-hydrogen) atoms. The van der Waals surface area contributed by atoms with Crippen molar-refractivity contribution in [3.8, 4) is 22.5 Å². The van der Waals surface area contributed by atoms with Gasteiger partial charge in [0.25, 0.3) is 0 Å². The fourth-order valence-electron chi connectivity index (χ4n) is 3.02. The number of aryl methyl sites for hydroxylation is 1. The number of alkyl halides is 3. The monoisotopic (exact) mass is 386 g/mol. The third-order valence-corrected chi connectivity index (χ3v) is 4.67. The van der Waals surface area contributed by atoms with Crippen LogP contribution in [0.25, 0.3) is 28.2 Å². The minimum absolute atomic E-state index is 0.273. The summed E-state index contributed by atoms with van der Waals surface area (Å²) in [5.74, 6) is -0.625. The molecule has 0 aliphatic carbocycles. The SMILES string of the molecule is Cc1c(-c2cccnc2F)nn2cc(-c3ccc(C(F)(F)F)cc3)nc2c1C. The molecule has 0 fully saturated rings. The maximum Gasteiger partial charge on any atom is 0.416 e. The van der Waals surface area contributed by atoms with Gasteiger partial charge in [-0.3, -0.25) is 0 Å². The molecule has 0 aliphatic rings. The van der Waals surface area contributed by atoms with E-state index in [-0.39, 0.29) is 5.56 Å². The lowest BCUT2D eigenvalue weighted by molar-refractivity contribution is -0.137. The Bertz CT molecular complexity index is 1180. The smallest absolute Gasteiger partial charge is 0.228 e. The molecule has 4 rings (SSSR count). The van der Waals surface area contributed by atoms with E-state index in [9.17, 15) is 17.6 Å². The van der Waals surface area contributed by atoms with Gasteiger partial charge < -0.3 is 0 Å². The Morgan fingerprint density at radius 3 is 2.32 bits per heavy atom. The van der Waals surface area contributed by atoms with Crippen LogP contribution in [-0.4, -0.2) is 19.6 Å². The van der Waals surface area contributed by atoms with Crippen LogP contribution in [0.1, 0.15) is 16.7 Å². The third-order valence-electron chi connectivity index (χ3n) is 4.67. The van der Waals surface area contributed by atoms with Crippen molar-refractivity contribution in [2.24, 2.45) is 0 Å². The number of benzene rings is 1. The van der Waals surface area contributed by atoms with Crippen LogP contribution in [0.2, 0.25) is 0 Å². The van der Waals surface area contributed by atoms with E-state index in [2.05, 4.69) is 15.1 Å². The van der Waals surface area contributed by atoms with Gasteiger partial charge in [-0.15, -0.1) is 0 Å². The summed E-state index contributed by atoms with van der Waals surface area (Å²) in [5, 5.41) is 4.46. The van der Waals surface area contributed by atoms with Crippen LogP contribution < -0.4 is 0 Å². The second-order valence-electron chi connectivity index (χ2n) is 6.41. The largest absolute Gasteiger partial charge is 0.416 e. The summed E-state index contributed by atoms with van der Waals surface area (Å²) >= 11 is 0. The Balaban J connectivity index is 1.84. The van der Waals surface area contributed by atoms with Crippen LogP contribution in [0, 0.1) is 19.8 Å². The molecule has 0 unspecified atom stereocenters. The minimum Gasteiger partial charge on any atom is -0.228 e. The zero-order chi connectivity index (χ0) is 20.1. The van der Waals surface area contributed by atoms with Crippen molar-refractivity contribution in [2.45, 2.75) is 20.0 Å². The van der Waals surface area contributed by atoms with Gasteiger partial charge >= 0.3 is 6.18 Å². The molecule has 0 atom stereocenters. The van der Waals surface area contributed by atoms with E-state index < -0.39 is 17.7 Å². The van der Waals surface area contributed by atoms with Crippen LogP contribution in [-0.2, 0) is 6.18 Å². The zero-order valence-corrected chi connectivity index (χ0v) is 14.9. The van der Waals surface area contributed by atoms with E-state index in [1.165, 1.54) is 22.8 Å². The van der Waals surface area contributed by atoms with Gasteiger partial charge in [-0.25, -0.2) is 14.5 Å². The van der Waals surface area contributed by atoms with Crippen molar-refractivity contribution in [1.29, 1.82) is 0 Å². The second-order valence-corrected chi connectivity index (χ2v) is 6.41. The normalized spacial score (nSPS) is 11.9. The lowest BCUT2D eigenvalue weighted by Gasteiger charge is -2.09. The number of imidazole rings is 1. The predicted molar refractivity (Wildman–Crippen MR) is 96.1 cm³/mol. The number of halogens is 4. The maximum absolute atomic E-state index is 14.1. The van der Waals surface area contributed by atoms with E-state index >= 15 is 0 Å². The van der Waals surface area contributed by atoms with Gasteiger partial charge in [-0.1, -0.05) is 12.1 Å². The van der Waals surface area contributed by atoms with Crippen molar-refractivity contribution in [3.05, 3.63) is 71.4 Å². The second kappa shape index (κ2) is 6.40. The standard InChI is InChI=1S/C20H14F4N4/c1-11-12(2)19-26-16(13-5-7-14(8-6-13)20(22,23)24)10-28(19)27-17(11)15-4-3-9-25-18(15)21/h3-10H,1-2H3. The van der Waals surface area contributed by atoms with Crippen molar-refractivity contribution in [1.82, 2.24) is 19.6 Å². The molecule has 0 saturated heterocycles. The summed E-state index contributed by atoms with van der Waals surface area (Å²) < 4.78 is 53.9. The molecule has 142 valence electrons. The lowest BCUT2D eigenvalue weighted by atomic mass is 10.1. The Kier molecular flexibility index (Phi) is 4.14. The zero-order valence-electron chi connectivity index (χ0n) is 14.9. The number of rotatable bonds is 2. The number of hydrogen-bond acceptors (Lipinski definition) is 3. The van der Waals surface area contributed by atoms with Crippen molar-refractivity contribution in [3.63, 3.8) is 0 Å². The number of pyridine rings is 1. The predicted octanol–water partition coefficient (Wildman–Crippen LogP) is 5.23. The lowest BCUT2D eigenvalue weighted by Crippen LogP contribution is -2.03. The molecule has 0 radical (unpaired) electrons. The van der Waals surface area contributed by atoms with Crippen LogP contribution in [0.15, 0.2) is 48.8 Å². The fraction of sp³-hybridized carbons (Fsp3) is 0.150. The van der Waals surface area contributed by atoms with Gasteiger partial charge in [0, 0.05) is 11.8 Å². The summed E-state index contributed by atoms with van der Waals surface area (Å²) in [5.41, 5.74) is 3.11. The Labute approximate surface area is 157 Å². The van der Waals surface area contributed by atoms with Crippen LogP contribution >= 0.6 is 0 Å². The van der Waals surface area contributed by atoms with Gasteiger partial charge in [-0.2, -0.15) is 22.7 Å². The Morgan fingerprint density at radius 2 is 1.68 bits per heavy atom. The molecule has 8 heteroatoms. The summed E-state index contributed by atoms with van der Waals surface area (Å²) in [7, 11) is 0. The molecule has 4 nitrogen and oxygen atoms in total.